The molecule has 7 nitrogen and oxygen atoms in total. The topological polar surface area (TPSA) is 106 Å². The van der Waals surface area contributed by atoms with Crippen molar-refractivity contribution < 1.29 is 4.92 Å². The predicted molar refractivity (Wildman–Crippen MR) is 61.5 cm³/mol. The molecule has 2 N–H and O–H groups in total. The largest absolute Gasteiger partial charge is 0.289 e. The van der Waals surface area contributed by atoms with E-state index in [-0.39, 0.29) is 5.69 Å². The molecule has 88 valence electrons. The molecule has 0 bridgehead atoms. The Bertz CT molecular complexity index is 476. The van der Waals surface area contributed by atoms with Crippen molar-refractivity contribution in [2.75, 3.05) is 5.01 Å². The molecule has 1 aliphatic rings. The Hall–Kier alpha value is -2.31. The minimum Gasteiger partial charge on any atom is -0.289 e. The SMILES string of the molecule is N=CN(N=N)c1cc(C2CC2)cc([N+](=O)[O-])c1. The van der Waals surface area contributed by atoms with Gasteiger partial charge in [0.2, 0.25) is 0 Å². The summed E-state index contributed by atoms with van der Waals surface area (Å²) < 4.78 is 0. The number of nitro groups is 1. The molecule has 0 saturated heterocycles. The third-order valence-corrected chi connectivity index (χ3v) is 2.68. The lowest BCUT2D eigenvalue weighted by Gasteiger charge is -2.11. The summed E-state index contributed by atoms with van der Waals surface area (Å²) in [6.45, 7) is 0. The van der Waals surface area contributed by atoms with Gasteiger partial charge in [-0.1, -0.05) is 5.22 Å². The highest BCUT2D eigenvalue weighted by atomic mass is 16.6. The highest BCUT2D eigenvalue weighted by Crippen LogP contribution is 2.42. The number of anilines is 1. The van der Waals surface area contributed by atoms with Gasteiger partial charge in [-0.25, -0.2) is 5.01 Å². The molecular formula is C10H11N5O2. The molecule has 0 aromatic heterocycles. The van der Waals surface area contributed by atoms with Crippen LogP contribution in [0.3, 0.4) is 0 Å². The van der Waals surface area contributed by atoms with Crippen molar-refractivity contribution in [1.82, 2.24) is 0 Å². The van der Waals surface area contributed by atoms with Crippen molar-refractivity contribution in [3.63, 3.8) is 0 Å². The minimum atomic E-state index is -0.471. The van der Waals surface area contributed by atoms with E-state index < -0.39 is 4.92 Å². The number of non-ortho nitro benzene ring substituents is 1. The highest BCUT2D eigenvalue weighted by Gasteiger charge is 2.26. The Labute approximate surface area is 97.2 Å². The quantitative estimate of drug-likeness (QED) is 0.268. The van der Waals surface area contributed by atoms with E-state index in [1.165, 1.54) is 6.07 Å². The van der Waals surface area contributed by atoms with Crippen molar-refractivity contribution in [3.05, 3.63) is 33.9 Å². The van der Waals surface area contributed by atoms with Crippen LogP contribution >= 0.6 is 0 Å². The smallest absolute Gasteiger partial charge is 0.271 e. The summed E-state index contributed by atoms with van der Waals surface area (Å²) in [7, 11) is 0. The number of hydrogen-bond acceptors (Lipinski definition) is 5. The maximum atomic E-state index is 10.8. The normalized spacial score (nSPS) is 14.1. The van der Waals surface area contributed by atoms with Crippen LogP contribution in [-0.2, 0) is 0 Å². The fourth-order valence-corrected chi connectivity index (χ4v) is 1.67. The van der Waals surface area contributed by atoms with Crippen LogP contribution in [0.25, 0.3) is 0 Å². The van der Waals surface area contributed by atoms with Crippen LogP contribution in [0.15, 0.2) is 23.4 Å². The minimum absolute atomic E-state index is 0.0279. The zero-order chi connectivity index (χ0) is 12.4. The van der Waals surface area contributed by atoms with Crippen LogP contribution in [0.4, 0.5) is 11.4 Å². The van der Waals surface area contributed by atoms with E-state index in [0.29, 0.717) is 11.6 Å². The Balaban J connectivity index is 2.46. The van der Waals surface area contributed by atoms with Crippen molar-refractivity contribution in [1.29, 1.82) is 10.9 Å². The van der Waals surface area contributed by atoms with E-state index in [1.54, 1.807) is 12.1 Å². The van der Waals surface area contributed by atoms with E-state index in [1.807, 2.05) is 0 Å². The summed E-state index contributed by atoms with van der Waals surface area (Å²) in [6.07, 6.45) is 2.91. The van der Waals surface area contributed by atoms with E-state index in [0.717, 1.165) is 29.8 Å². The first-order valence-corrected chi connectivity index (χ1v) is 5.12. The maximum absolute atomic E-state index is 10.8. The molecule has 0 atom stereocenters. The molecule has 1 aromatic carbocycles. The van der Waals surface area contributed by atoms with Gasteiger partial charge in [0.25, 0.3) is 5.69 Å². The third-order valence-electron chi connectivity index (χ3n) is 2.68. The zero-order valence-corrected chi connectivity index (χ0v) is 8.96. The third kappa shape index (κ3) is 2.27. The van der Waals surface area contributed by atoms with Gasteiger partial charge in [0, 0.05) is 12.1 Å². The first-order valence-electron chi connectivity index (χ1n) is 5.12. The summed E-state index contributed by atoms with van der Waals surface area (Å²) in [4.78, 5) is 10.3. The molecule has 1 saturated carbocycles. The second-order valence-corrected chi connectivity index (χ2v) is 3.89. The average molecular weight is 233 g/mol. The lowest BCUT2D eigenvalue weighted by atomic mass is 10.1. The van der Waals surface area contributed by atoms with Crippen LogP contribution in [0.2, 0.25) is 0 Å². The van der Waals surface area contributed by atoms with Crippen LogP contribution in [0.5, 0.6) is 0 Å². The molecule has 17 heavy (non-hydrogen) atoms. The van der Waals surface area contributed by atoms with Crippen LogP contribution in [0.1, 0.15) is 24.3 Å². The van der Waals surface area contributed by atoms with Gasteiger partial charge < -0.3 is 0 Å². The molecule has 1 fully saturated rings. The Morgan fingerprint density at radius 3 is 2.65 bits per heavy atom. The first-order chi connectivity index (χ1) is 8.15. The number of hydrogen-bond donors (Lipinski definition) is 2. The molecule has 0 aliphatic heterocycles. The van der Waals surface area contributed by atoms with Gasteiger partial charge in [-0.2, -0.15) is 5.53 Å². The Kier molecular flexibility index (Phi) is 2.82. The lowest BCUT2D eigenvalue weighted by molar-refractivity contribution is -0.384. The molecule has 0 amide bonds. The van der Waals surface area contributed by atoms with Crippen LogP contribution in [0, 0.1) is 21.1 Å². The summed E-state index contributed by atoms with van der Waals surface area (Å²) in [6, 6.07) is 4.61. The van der Waals surface area contributed by atoms with Crippen LogP contribution in [-0.4, -0.2) is 11.3 Å². The summed E-state index contributed by atoms with van der Waals surface area (Å²) in [5, 5.41) is 22.0. The monoisotopic (exact) mass is 233 g/mol. The van der Waals surface area contributed by atoms with Gasteiger partial charge in [-0.3, -0.25) is 15.5 Å². The molecule has 1 aromatic rings. The molecule has 0 unspecified atom stereocenters. The van der Waals surface area contributed by atoms with Gasteiger partial charge >= 0.3 is 0 Å². The second-order valence-electron chi connectivity index (χ2n) is 3.89. The van der Waals surface area contributed by atoms with E-state index in [2.05, 4.69) is 5.22 Å². The Morgan fingerprint density at radius 1 is 1.47 bits per heavy atom. The van der Waals surface area contributed by atoms with Gasteiger partial charge in [0.15, 0.2) is 0 Å². The van der Waals surface area contributed by atoms with Gasteiger partial charge in [0.05, 0.1) is 10.6 Å². The van der Waals surface area contributed by atoms with Crippen molar-refractivity contribution in [3.8, 4) is 0 Å². The van der Waals surface area contributed by atoms with Gasteiger partial charge in [0.1, 0.15) is 6.34 Å². The van der Waals surface area contributed by atoms with Gasteiger partial charge in [-0.15, -0.1) is 0 Å². The van der Waals surface area contributed by atoms with E-state index >= 15 is 0 Å². The molecular weight excluding hydrogens is 222 g/mol. The molecule has 0 radical (unpaired) electrons. The average Bonchev–Trinajstić information content (AvgIpc) is 3.14. The van der Waals surface area contributed by atoms with E-state index in [4.69, 9.17) is 10.9 Å². The summed E-state index contributed by atoms with van der Waals surface area (Å²) in [5.74, 6) is 0.368. The number of benzene rings is 1. The van der Waals surface area contributed by atoms with E-state index in [9.17, 15) is 10.1 Å². The fraction of sp³-hybridized carbons (Fsp3) is 0.300. The molecule has 0 heterocycles. The zero-order valence-electron chi connectivity index (χ0n) is 8.96. The highest BCUT2D eigenvalue weighted by molar-refractivity contribution is 5.77. The number of nitrogens with one attached hydrogen (secondary N) is 2. The van der Waals surface area contributed by atoms with Crippen molar-refractivity contribution in [2.24, 2.45) is 5.22 Å². The summed E-state index contributed by atoms with van der Waals surface area (Å²) >= 11 is 0. The predicted octanol–water partition coefficient (Wildman–Crippen LogP) is 2.83. The first kappa shape index (κ1) is 11.2. The standard InChI is InChI=1S/C10H11N5O2/c11-6-14(13-12)9-3-8(7-1-2-7)4-10(5-9)15(16)17/h3-7,11-12H,1-2H2. The van der Waals surface area contributed by atoms with Crippen LogP contribution < -0.4 is 5.01 Å². The molecule has 1 aliphatic carbocycles. The number of rotatable bonds is 5. The maximum Gasteiger partial charge on any atom is 0.271 e. The number of nitro benzene ring substituents is 1. The van der Waals surface area contributed by atoms with Gasteiger partial charge in [-0.05, 0) is 30.4 Å². The second kappa shape index (κ2) is 4.28. The molecule has 7 heteroatoms. The van der Waals surface area contributed by atoms with Crippen molar-refractivity contribution in [2.45, 2.75) is 18.8 Å². The molecule has 2 rings (SSSR count). The number of nitrogens with zero attached hydrogens (tertiary/aromatic N) is 3. The summed E-state index contributed by atoms with van der Waals surface area (Å²) in [5.41, 5.74) is 8.13. The lowest BCUT2D eigenvalue weighted by Crippen LogP contribution is -2.11. The fourth-order valence-electron chi connectivity index (χ4n) is 1.67. The Morgan fingerprint density at radius 2 is 2.18 bits per heavy atom. The van der Waals surface area contributed by atoms with Crippen molar-refractivity contribution >= 4 is 17.7 Å². The molecule has 0 spiro atoms.